The van der Waals surface area contributed by atoms with Crippen LogP contribution < -0.4 is 4.90 Å². The summed E-state index contributed by atoms with van der Waals surface area (Å²) in [7, 11) is 0. The van der Waals surface area contributed by atoms with Gasteiger partial charge in [0.05, 0.1) is 16.7 Å². The van der Waals surface area contributed by atoms with Crippen LogP contribution in [-0.4, -0.2) is 4.57 Å². The zero-order chi connectivity index (χ0) is 33.7. The van der Waals surface area contributed by atoms with Crippen LogP contribution in [0.4, 0.5) is 17.1 Å². The first-order valence-electron chi connectivity index (χ1n) is 17.4. The Morgan fingerprint density at radius 1 is 0.373 bits per heavy atom. The Labute approximate surface area is 300 Å². The number of aromatic nitrogens is 1. The van der Waals surface area contributed by atoms with Gasteiger partial charge in [0.2, 0.25) is 0 Å². The summed E-state index contributed by atoms with van der Waals surface area (Å²) in [6.45, 7) is 0. The minimum Gasteiger partial charge on any atom is -0.310 e. The van der Waals surface area contributed by atoms with Crippen molar-refractivity contribution in [1.29, 1.82) is 0 Å². The SMILES string of the molecule is c1ccc(-c2ccccc2N(c2ccc(-c3ccc4c(c3)sc3ccccc34)cc2)c2ccc3c4ccccc4n(-c4ccccc4)c3c2)cc1. The van der Waals surface area contributed by atoms with Crippen molar-refractivity contribution in [1.82, 2.24) is 4.57 Å². The maximum atomic E-state index is 2.41. The van der Waals surface area contributed by atoms with Crippen LogP contribution in [0.2, 0.25) is 0 Å². The van der Waals surface area contributed by atoms with Crippen LogP contribution in [-0.2, 0) is 0 Å². The molecule has 0 N–H and O–H groups in total. The third kappa shape index (κ3) is 5.01. The molecule has 0 unspecified atom stereocenters. The van der Waals surface area contributed by atoms with Crippen molar-refractivity contribution in [2.75, 3.05) is 4.90 Å². The van der Waals surface area contributed by atoms with Gasteiger partial charge in [-0.1, -0.05) is 133 Å². The van der Waals surface area contributed by atoms with Crippen LogP contribution in [0.3, 0.4) is 0 Å². The van der Waals surface area contributed by atoms with E-state index >= 15 is 0 Å². The third-order valence-corrected chi connectivity index (χ3v) is 11.1. The smallest absolute Gasteiger partial charge is 0.0561 e. The number of hydrogen-bond donors (Lipinski definition) is 0. The summed E-state index contributed by atoms with van der Waals surface area (Å²) in [5, 5.41) is 5.14. The Balaban J connectivity index is 1.15. The largest absolute Gasteiger partial charge is 0.310 e. The minimum atomic E-state index is 1.10. The van der Waals surface area contributed by atoms with Crippen molar-refractivity contribution in [3.8, 4) is 27.9 Å². The molecule has 3 heteroatoms. The summed E-state index contributed by atoms with van der Waals surface area (Å²) in [5.41, 5.74) is 11.7. The predicted molar refractivity (Wildman–Crippen MR) is 219 cm³/mol. The molecule has 2 heterocycles. The molecule has 0 bridgehead atoms. The molecule has 0 atom stereocenters. The van der Waals surface area contributed by atoms with E-state index in [-0.39, 0.29) is 0 Å². The van der Waals surface area contributed by atoms with E-state index in [4.69, 9.17) is 0 Å². The molecule has 0 saturated carbocycles. The Bertz CT molecular complexity index is 2850. The lowest BCUT2D eigenvalue weighted by molar-refractivity contribution is 1.18. The van der Waals surface area contributed by atoms with Crippen molar-refractivity contribution in [3.63, 3.8) is 0 Å². The highest BCUT2D eigenvalue weighted by Gasteiger charge is 2.20. The van der Waals surface area contributed by atoms with E-state index in [1.54, 1.807) is 0 Å². The average molecular weight is 669 g/mol. The van der Waals surface area contributed by atoms with E-state index in [1.165, 1.54) is 64.2 Å². The van der Waals surface area contributed by atoms with Gasteiger partial charge in [-0.3, -0.25) is 0 Å². The highest BCUT2D eigenvalue weighted by atomic mass is 32.1. The molecule has 0 saturated heterocycles. The van der Waals surface area contributed by atoms with Crippen molar-refractivity contribution in [2.45, 2.75) is 0 Å². The zero-order valence-corrected chi connectivity index (χ0v) is 28.6. The van der Waals surface area contributed by atoms with E-state index in [1.807, 2.05) is 11.3 Å². The third-order valence-electron chi connectivity index (χ3n) is 10.00. The lowest BCUT2D eigenvalue weighted by Crippen LogP contribution is -2.11. The van der Waals surface area contributed by atoms with E-state index in [9.17, 15) is 0 Å². The van der Waals surface area contributed by atoms with E-state index in [0.717, 1.165) is 22.7 Å². The van der Waals surface area contributed by atoms with Crippen LogP contribution >= 0.6 is 11.3 Å². The Hall–Kier alpha value is -6.42. The van der Waals surface area contributed by atoms with Crippen LogP contribution in [0.5, 0.6) is 0 Å². The van der Waals surface area contributed by atoms with Gasteiger partial charge in [0.25, 0.3) is 0 Å². The summed E-state index contributed by atoms with van der Waals surface area (Å²) >= 11 is 1.86. The molecule has 2 aromatic heterocycles. The summed E-state index contributed by atoms with van der Waals surface area (Å²) in [6.07, 6.45) is 0. The number of thiophene rings is 1. The molecule has 8 aromatic carbocycles. The van der Waals surface area contributed by atoms with Crippen LogP contribution in [0.25, 0.3) is 69.9 Å². The van der Waals surface area contributed by atoms with Crippen LogP contribution in [0, 0.1) is 0 Å². The molecule has 240 valence electrons. The van der Waals surface area contributed by atoms with E-state index in [0.29, 0.717) is 0 Å². The Morgan fingerprint density at radius 2 is 0.980 bits per heavy atom. The number of fused-ring (bicyclic) bond motifs is 6. The van der Waals surface area contributed by atoms with Gasteiger partial charge in [0, 0.05) is 53.6 Å². The molecule has 0 aliphatic heterocycles. The van der Waals surface area contributed by atoms with Crippen LogP contribution in [0.1, 0.15) is 0 Å². The molecular formula is C48H32N2S. The topological polar surface area (TPSA) is 8.17 Å². The molecule has 0 fully saturated rings. The standard InChI is InChI=1S/C48H32N2S/c1-3-13-34(14-4-1)39-17-7-10-20-44(39)49(37-26-23-33(24-27-37)35-25-29-43-42-19-9-12-22-47(42)51-48(43)31-35)38-28-30-41-40-18-8-11-21-45(40)50(46(41)32-38)36-15-5-2-6-16-36/h1-32H. The Morgan fingerprint density at radius 3 is 1.82 bits per heavy atom. The van der Waals surface area contributed by atoms with Gasteiger partial charge < -0.3 is 9.47 Å². The molecular weight excluding hydrogens is 637 g/mol. The second-order valence-corrected chi connectivity index (χ2v) is 14.0. The first kappa shape index (κ1) is 29.5. The summed E-state index contributed by atoms with van der Waals surface area (Å²) in [6, 6.07) is 70.4. The number of hydrogen-bond acceptors (Lipinski definition) is 2. The summed E-state index contributed by atoms with van der Waals surface area (Å²) in [4.78, 5) is 2.41. The maximum absolute atomic E-state index is 2.41. The summed E-state index contributed by atoms with van der Waals surface area (Å²) < 4.78 is 5.04. The molecule has 10 rings (SSSR count). The van der Waals surface area contributed by atoms with Gasteiger partial charge in [-0.15, -0.1) is 11.3 Å². The summed E-state index contributed by atoms with van der Waals surface area (Å²) in [5.74, 6) is 0. The maximum Gasteiger partial charge on any atom is 0.0561 e. The molecule has 0 spiro atoms. The van der Waals surface area contributed by atoms with Gasteiger partial charge in [-0.05, 0) is 77.4 Å². The molecule has 0 aliphatic rings. The quantitative estimate of drug-likeness (QED) is 0.171. The zero-order valence-electron chi connectivity index (χ0n) is 27.8. The Kier molecular flexibility index (Phi) is 7.04. The molecule has 10 aromatic rings. The first-order valence-corrected chi connectivity index (χ1v) is 18.2. The lowest BCUT2D eigenvalue weighted by Gasteiger charge is -2.28. The molecule has 2 nitrogen and oxygen atoms in total. The van der Waals surface area contributed by atoms with Crippen LogP contribution in [0.15, 0.2) is 194 Å². The van der Waals surface area contributed by atoms with Gasteiger partial charge in [-0.2, -0.15) is 0 Å². The number of para-hydroxylation sites is 3. The van der Waals surface area contributed by atoms with Gasteiger partial charge in [0.1, 0.15) is 0 Å². The number of rotatable bonds is 6. The van der Waals surface area contributed by atoms with Crippen molar-refractivity contribution >= 4 is 70.4 Å². The molecule has 0 radical (unpaired) electrons. The molecule has 51 heavy (non-hydrogen) atoms. The van der Waals surface area contributed by atoms with Crippen molar-refractivity contribution < 1.29 is 0 Å². The normalized spacial score (nSPS) is 11.5. The van der Waals surface area contributed by atoms with Crippen molar-refractivity contribution in [3.05, 3.63) is 194 Å². The fourth-order valence-corrected chi connectivity index (χ4v) is 8.76. The minimum absolute atomic E-state index is 1.10. The second-order valence-electron chi connectivity index (χ2n) is 13.0. The first-order chi connectivity index (χ1) is 25.3. The van der Waals surface area contributed by atoms with Crippen molar-refractivity contribution in [2.24, 2.45) is 0 Å². The molecule has 0 amide bonds. The highest BCUT2D eigenvalue weighted by Crippen LogP contribution is 2.44. The van der Waals surface area contributed by atoms with E-state index < -0.39 is 0 Å². The van der Waals surface area contributed by atoms with Gasteiger partial charge in [0.15, 0.2) is 0 Å². The number of anilines is 3. The second kappa shape index (κ2) is 12.2. The number of nitrogens with zero attached hydrogens (tertiary/aromatic N) is 2. The fourth-order valence-electron chi connectivity index (χ4n) is 7.62. The fraction of sp³-hybridized carbons (Fsp3) is 0. The predicted octanol–water partition coefficient (Wildman–Crippen LogP) is 14.0. The van der Waals surface area contributed by atoms with Gasteiger partial charge >= 0.3 is 0 Å². The highest BCUT2D eigenvalue weighted by molar-refractivity contribution is 7.25. The molecule has 0 aliphatic carbocycles. The average Bonchev–Trinajstić information content (AvgIpc) is 3.74. The lowest BCUT2D eigenvalue weighted by atomic mass is 10.0. The monoisotopic (exact) mass is 668 g/mol. The number of benzene rings is 8. The van der Waals surface area contributed by atoms with E-state index in [2.05, 4.69) is 204 Å². The van der Waals surface area contributed by atoms with Gasteiger partial charge in [-0.25, -0.2) is 0 Å².